The van der Waals surface area contributed by atoms with E-state index in [1.54, 1.807) is 0 Å². The molecule has 31 heavy (non-hydrogen) atoms. The standard InChI is InChI=1S/C25H24F2N2O2/c26-23-10-5-11-24(27)22(23)15-28-25(30)19-12-13-29(17-19)16-18-6-4-9-21(14-18)31-20-7-2-1-3-8-20/h1-11,14,19H,12-13,15-17H2,(H,28,30). The number of nitrogens with one attached hydrogen (secondary N) is 1. The van der Waals surface area contributed by atoms with Crippen molar-refractivity contribution >= 4 is 5.91 Å². The van der Waals surface area contributed by atoms with E-state index in [2.05, 4.69) is 10.2 Å². The van der Waals surface area contributed by atoms with E-state index in [0.29, 0.717) is 19.5 Å². The second kappa shape index (κ2) is 9.71. The maximum absolute atomic E-state index is 13.7. The van der Waals surface area contributed by atoms with E-state index < -0.39 is 11.6 Å². The van der Waals surface area contributed by atoms with Gasteiger partial charge in [-0.25, -0.2) is 8.78 Å². The first-order chi connectivity index (χ1) is 15.1. The zero-order valence-electron chi connectivity index (χ0n) is 17.1. The number of carbonyl (C=O) groups is 1. The number of nitrogens with zero attached hydrogens (tertiary/aromatic N) is 1. The topological polar surface area (TPSA) is 41.6 Å². The summed E-state index contributed by atoms with van der Waals surface area (Å²) in [6.07, 6.45) is 0.714. The SMILES string of the molecule is O=C(NCc1c(F)cccc1F)C1CCN(Cc2cccc(Oc3ccccc3)c2)C1. The van der Waals surface area contributed by atoms with Crippen LogP contribution in [0.5, 0.6) is 11.5 Å². The van der Waals surface area contributed by atoms with Crippen LogP contribution >= 0.6 is 0 Å². The fourth-order valence-corrected chi connectivity index (χ4v) is 3.80. The summed E-state index contributed by atoms with van der Waals surface area (Å²) in [6, 6.07) is 21.2. The molecule has 1 saturated heterocycles. The molecule has 6 heteroatoms. The molecule has 1 fully saturated rings. The van der Waals surface area contributed by atoms with Gasteiger partial charge in [0.2, 0.25) is 5.91 Å². The molecule has 1 aliphatic rings. The molecule has 1 unspecified atom stereocenters. The molecule has 1 N–H and O–H groups in total. The van der Waals surface area contributed by atoms with Gasteiger partial charge in [0.25, 0.3) is 0 Å². The van der Waals surface area contributed by atoms with Crippen LogP contribution in [0.3, 0.4) is 0 Å². The Morgan fingerprint density at radius 1 is 0.968 bits per heavy atom. The van der Waals surface area contributed by atoms with Gasteiger partial charge >= 0.3 is 0 Å². The number of hydrogen-bond acceptors (Lipinski definition) is 3. The van der Waals surface area contributed by atoms with Gasteiger partial charge in [-0.05, 0) is 54.9 Å². The van der Waals surface area contributed by atoms with Crippen LogP contribution in [0.1, 0.15) is 17.5 Å². The smallest absolute Gasteiger partial charge is 0.224 e. The zero-order valence-corrected chi connectivity index (χ0v) is 17.1. The molecule has 1 heterocycles. The Hall–Kier alpha value is -3.25. The van der Waals surface area contributed by atoms with Crippen molar-refractivity contribution in [3.8, 4) is 11.5 Å². The third-order valence-corrected chi connectivity index (χ3v) is 5.43. The normalized spacial score (nSPS) is 16.3. The number of benzene rings is 3. The van der Waals surface area contributed by atoms with E-state index in [0.717, 1.165) is 23.6 Å². The second-order valence-corrected chi connectivity index (χ2v) is 7.70. The summed E-state index contributed by atoms with van der Waals surface area (Å²) in [5.74, 6) is -0.116. The fraction of sp³-hybridized carbons (Fsp3) is 0.240. The van der Waals surface area contributed by atoms with Crippen molar-refractivity contribution in [2.75, 3.05) is 13.1 Å². The average Bonchev–Trinajstić information content (AvgIpc) is 3.23. The lowest BCUT2D eigenvalue weighted by Gasteiger charge is -2.17. The molecule has 160 valence electrons. The van der Waals surface area contributed by atoms with Crippen LogP contribution in [0.15, 0.2) is 72.8 Å². The number of halogens is 2. The van der Waals surface area contributed by atoms with E-state index in [1.807, 2.05) is 54.6 Å². The largest absolute Gasteiger partial charge is 0.457 e. The van der Waals surface area contributed by atoms with Crippen molar-refractivity contribution in [3.63, 3.8) is 0 Å². The van der Waals surface area contributed by atoms with Gasteiger partial charge in [0, 0.05) is 25.2 Å². The Bertz CT molecular complexity index is 1020. The second-order valence-electron chi connectivity index (χ2n) is 7.70. The first kappa shape index (κ1) is 21.0. The van der Waals surface area contributed by atoms with E-state index in [1.165, 1.54) is 18.2 Å². The third-order valence-electron chi connectivity index (χ3n) is 5.43. The molecule has 1 atom stereocenters. The summed E-state index contributed by atoms with van der Waals surface area (Å²) in [5, 5.41) is 2.68. The van der Waals surface area contributed by atoms with Crippen LogP contribution < -0.4 is 10.1 Å². The molecule has 0 spiro atoms. The summed E-state index contributed by atoms with van der Waals surface area (Å²) in [7, 11) is 0. The summed E-state index contributed by atoms with van der Waals surface area (Å²) >= 11 is 0. The van der Waals surface area contributed by atoms with Gasteiger partial charge in [-0.1, -0.05) is 36.4 Å². The highest BCUT2D eigenvalue weighted by molar-refractivity contribution is 5.79. The fourth-order valence-electron chi connectivity index (χ4n) is 3.80. The molecular weight excluding hydrogens is 398 g/mol. The van der Waals surface area contributed by atoms with Crippen LogP contribution in [-0.4, -0.2) is 23.9 Å². The molecule has 0 bridgehead atoms. The number of carbonyl (C=O) groups excluding carboxylic acids is 1. The van der Waals surface area contributed by atoms with E-state index >= 15 is 0 Å². The van der Waals surface area contributed by atoms with Crippen molar-refractivity contribution < 1.29 is 18.3 Å². The third kappa shape index (κ3) is 5.47. The summed E-state index contributed by atoms with van der Waals surface area (Å²) in [6.45, 7) is 1.95. The van der Waals surface area contributed by atoms with Gasteiger partial charge in [0.15, 0.2) is 0 Å². The molecule has 1 amide bonds. The Kier molecular flexibility index (Phi) is 6.57. The molecule has 0 aliphatic carbocycles. The molecule has 3 aromatic rings. The summed E-state index contributed by atoms with van der Waals surface area (Å²) in [4.78, 5) is 14.7. The number of para-hydroxylation sites is 1. The number of hydrogen-bond donors (Lipinski definition) is 1. The lowest BCUT2D eigenvalue weighted by molar-refractivity contribution is -0.124. The van der Waals surface area contributed by atoms with Gasteiger partial charge in [0.05, 0.1) is 5.92 Å². The van der Waals surface area contributed by atoms with Crippen molar-refractivity contribution in [1.82, 2.24) is 10.2 Å². The Balaban J connectivity index is 1.30. The molecule has 1 aliphatic heterocycles. The van der Waals surface area contributed by atoms with E-state index in [9.17, 15) is 13.6 Å². The van der Waals surface area contributed by atoms with E-state index in [4.69, 9.17) is 4.74 Å². The highest BCUT2D eigenvalue weighted by Gasteiger charge is 2.28. The van der Waals surface area contributed by atoms with Crippen LogP contribution in [0.2, 0.25) is 0 Å². The van der Waals surface area contributed by atoms with Gasteiger partial charge in [-0.2, -0.15) is 0 Å². The van der Waals surface area contributed by atoms with Crippen LogP contribution in [0.25, 0.3) is 0 Å². The summed E-state index contributed by atoms with van der Waals surface area (Å²) in [5.41, 5.74) is 0.990. The monoisotopic (exact) mass is 422 g/mol. The predicted octanol–water partition coefficient (Wildman–Crippen LogP) is 4.90. The molecule has 4 nitrogen and oxygen atoms in total. The minimum Gasteiger partial charge on any atom is -0.457 e. The minimum atomic E-state index is -0.647. The molecule has 0 saturated carbocycles. The van der Waals surface area contributed by atoms with Crippen LogP contribution in [0.4, 0.5) is 8.78 Å². The summed E-state index contributed by atoms with van der Waals surface area (Å²) < 4.78 is 33.4. The van der Waals surface area contributed by atoms with E-state index in [-0.39, 0.29) is 23.9 Å². The van der Waals surface area contributed by atoms with Crippen LogP contribution in [-0.2, 0) is 17.9 Å². The number of amides is 1. The lowest BCUT2D eigenvalue weighted by Crippen LogP contribution is -2.32. The highest BCUT2D eigenvalue weighted by Crippen LogP contribution is 2.24. The number of likely N-dealkylation sites (tertiary alicyclic amines) is 1. The predicted molar refractivity (Wildman–Crippen MR) is 115 cm³/mol. The van der Waals surface area contributed by atoms with Gasteiger partial charge in [-0.3, -0.25) is 9.69 Å². The Morgan fingerprint density at radius 3 is 2.45 bits per heavy atom. The average molecular weight is 422 g/mol. The molecule has 0 aromatic heterocycles. The van der Waals surface area contributed by atoms with Crippen molar-refractivity contribution in [3.05, 3.63) is 95.6 Å². The van der Waals surface area contributed by atoms with Gasteiger partial charge < -0.3 is 10.1 Å². The molecular formula is C25H24F2N2O2. The van der Waals surface area contributed by atoms with Crippen molar-refractivity contribution in [2.24, 2.45) is 5.92 Å². The van der Waals surface area contributed by atoms with Crippen molar-refractivity contribution in [2.45, 2.75) is 19.5 Å². The lowest BCUT2D eigenvalue weighted by atomic mass is 10.1. The molecule has 4 rings (SSSR count). The quantitative estimate of drug-likeness (QED) is 0.589. The zero-order chi connectivity index (χ0) is 21.6. The van der Waals surface area contributed by atoms with Gasteiger partial charge in [0.1, 0.15) is 23.1 Å². The Labute approximate surface area is 180 Å². The van der Waals surface area contributed by atoms with Crippen LogP contribution in [0, 0.1) is 17.6 Å². The molecule has 0 radical (unpaired) electrons. The van der Waals surface area contributed by atoms with Crippen molar-refractivity contribution in [1.29, 1.82) is 0 Å². The maximum atomic E-state index is 13.7. The minimum absolute atomic E-state index is 0.110. The first-order valence-electron chi connectivity index (χ1n) is 10.3. The maximum Gasteiger partial charge on any atom is 0.224 e. The van der Waals surface area contributed by atoms with Gasteiger partial charge in [-0.15, -0.1) is 0 Å². The Morgan fingerprint density at radius 2 is 1.68 bits per heavy atom. The number of ether oxygens (including phenoxy) is 1. The molecule has 3 aromatic carbocycles. The first-order valence-corrected chi connectivity index (χ1v) is 10.3. The number of rotatable bonds is 7. The highest BCUT2D eigenvalue weighted by atomic mass is 19.1.